The zero-order valence-corrected chi connectivity index (χ0v) is 12.0. The second-order valence-corrected chi connectivity index (χ2v) is 4.66. The van der Waals surface area contributed by atoms with E-state index in [4.69, 9.17) is 4.42 Å². The Morgan fingerprint density at radius 2 is 1.76 bits per heavy atom. The van der Waals surface area contributed by atoms with Crippen LogP contribution in [0.5, 0.6) is 0 Å². The maximum absolute atomic E-state index is 11.8. The molecule has 0 radical (unpaired) electrons. The first-order chi connectivity index (χ1) is 10.0. The van der Waals surface area contributed by atoms with Gasteiger partial charge in [0.2, 0.25) is 11.8 Å². The molecule has 0 atom stereocenters. The van der Waals surface area contributed by atoms with Crippen LogP contribution in [0.25, 0.3) is 0 Å². The average molecular weight is 287 g/mol. The molecule has 2 aromatic rings. The van der Waals surface area contributed by atoms with E-state index in [-0.39, 0.29) is 11.8 Å². The highest BCUT2D eigenvalue weighted by Crippen LogP contribution is 2.14. The molecule has 1 aromatic carbocycles. The van der Waals surface area contributed by atoms with Crippen LogP contribution in [0.4, 0.5) is 11.4 Å². The van der Waals surface area contributed by atoms with E-state index in [9.17, 15) is 9.59 Å². The van der Waals surface area contributed by atoms with Gasteiger partial charge in [0.25, 0.3) is 0 Å². The van der Waals surface area contributed by atoms with Crippen molar-refractivity contribution in [1.29, 1.82) is 0 Å². The molecule has 2 rings (SSSR count). The molecular formula is C15H17N3O3. The van der Waals surface area contributed by atoms with E-state index < -0.39 is 0 Å². The van der Waals surface area contributed by atoms with Crippen molar-refractivity contribution in [2.45, 2.75) is 26.7 Å². The molecular weight excluding hydrogens is 270 g/mol. The molecule has 21 heavy (non-hydrogen) atoms. The van der Waals surface area contributed by atoms with Gasteiger partial charge in [-0.05, 0) is 24.3 Å². The molecule has 6 heteroatoms. The summed E-state index contributed by atoms with van der Waals surface area (Å²) in [5, 5.41) is 5.45. The van der Waals surface area contributed by atoms with Gasteiger partial charge in [0.1, 0.15) is 6.26 Å². The highest BCUT2D eigenvalue weighted by molar-refractivity contribution is 5.92. The third kappa shape index (κ3) is 4.76. The number of carbonyl (C=O) groups excluding carboxylic acids is 2. The Bertz CT molecular complexity index is 632. The van der Waals surface area contributed by atoms with Crippen LogP contribution in [-0.4, -0.2) is 16.8 Å². The molecule has 0 bridgehead atoms. The van der Waals surface area contributed by atoms with Gasteiger partial charge in [-0.15, -0.1) is 0 Å². The molecule has 110 valence electrons. The second kappa shape index (κ2) is 6.69. The molecule has 0 fully saturated rings. The standard InChI is InChI=1S/C15H17N3O3/c1-10(19)16-12-3-5-13(6-4-12)18-15(20)8-7-14-9-21-11(2)17-14/h3-6,9H,7-8H2,1-2H3,(H,16,19)(H,18,20). The number of amides is 2. The van der Waals surface area contributed by atoms with Gasteiger partial charge in [0.05, 0.1) is 5.69 Å². The lowest BCUT2D eigenvalue weighted by Crippen LogP contribution is -2.12. The summed E-state index contributed by atoms with van der Waals surface area (Å²) >= 11 is 0. The first-order valence-electron chi connectivity index (χ1n) is 6.61. The Hall–Kier alpha value is -2.63. The summed E-state index contributed by atoms with van der Waals surface area (Å²) in [7, 11) is 0. The van der Waals surface area contributed by atoms with Crippen molar-refractivity contribution in [2.24, 2.45) is 0 Å². The summed E-state index contributed by atoms with van der Waals surface area (Å²) in [6.45, 7) is 3.21. The second-order valence-electron chi connectivity index (χ2n) is 4.66. The van der Waals surface area contributed by atoms with Gasteiger partial charge >= 0.3 is 0 Å². The fourth-order valence-corrected chi connectivity index (χ4v) is 1.83. The number of nitrogens with zero attached hydrogens (tertiary/aromatic N) is 1. The third-order valence-electron chi connectivity index (χ3n) is 2.76. The molecule has 2 amide bonds. The summed E-state index contributed by atoms with van der Waals surface area (Å²) in [4.78, 5) is 26.9. The molecule has 0 aliphatic carbocycles. The predicted molar refractivity (Wildman–Crippen MR) is 78.9 cm³/mol. The van der Waals surface area contributed by atoms with E-state index >= 15 is 0 Å². The Morgan fingerprint density at radius 3 is 2.29 bits per heavy atom. The number of rotatable bonds is 5. The number of hydrogen-bond acceptors (Lipinski definition) is 4. The van der Waals surface area contributed by atoms with Crippen LogP contribution in [0.3, 0.4) is 0 Å². The van der Waals surface area contributed by atoms with Crippen molar-refractivity contribution in [3.63, 3.8) is 0 Å². The van der Waals surface area contributed by atoms with Crippen molar-refractivity contribution in [3.8, 4) is 0 Å². The number of aryl methyl sites for hydroxylation is 2. The highest BCUT2D eigenvalue weighted by Gasteiger charge is 2.06. The van der Waals surface area contributed by atoms with E-state index in [1.54, 1.807) is 37.5 Å². The Labute approximate surface area is 122 Å². The van der Waals surface area contributed by atoms with Gasteiger partial charge in [-0.25, -0.2) is 4.98 Å². The largest absolute Gasteiger partial charge is 0.449 e. The van der Waals surface area contributed by atoms with E-state index in [1.165, 1.54) is 6.92 Å². The molecule has 0 unspecified atom stereocenters. The molecule has 1 heterocycles. The van der Waals surface area contributed by atoms with Crippen LogP contribution in [0.2, 0.25) is 0 Å². The van der Waals surface area contributed by atoms with E-state index in [0.29, 0.717) is 30.1 Å². The first-order valence-corrected chi connectivity index (χ1v) is 6.61. The number of benzene rings is 1. The quantitative estimate of drug-likeness (QED) is 0.885. The molecule has 0 aliphatic rings. The summed E-state index contributed by atoms with van der Waals surface area (Å²) in [6, 6.07) is 6.95. The minimum atomic E-state index is -0.130. The number of carbonyl (C=O) groups is 2. The zero-order chi connectivity index (χ0) is 15.2. The number of anilines is 2. The summed E-state index contributed by atoms with van der Waals surface area (Å²) in [5.41, 5.74) is 2.15. The Morgan fingerprint density at radius 1 is 1.14 bits per heavy atom. The van der Waals surface area contributed by atoms with Crippen molar-refractivity contribution >= 4 is 23.2 Å². The number of hydrogen-bond donors (Lipinski definition) is 2. The molecule has 0 aliphatic heterocycles. The van der Waals surface area contributed by atoms with Crippen LogP contribution in [-0.2, 0) is 16.0 Å². The van der Waals surface area contributed by atoms with Crippen LogP contribution in [0.1, 0.15) is 24.9 Å². The third-order valence-corrected chi connectivity index (χ3v) is 2.76. The Balaban J connectivity index is 1.83. The van der Waals surface area contributed by atoms with Gasteiger partial charge in [0.15, 0.2) is 5.89 Å². The maximum Gasteiger partial charge on any atom is 0.224 e. The lowest BCUT2D eigenvalue weighted by atomic mass is 10.2. The molecule has 1 aromatic heterocycles. The van der Waals surface area contributed by atoms with Crippen molar-refractivity contribution in [2.75, 3.05) is 10.6 Å². The molecule has 0 spiro atoms. The monoisotopic (exact) mass is 287 g/mol. The summed E-state index contributed by atoms with van der Waals surface area (Å²) in [6.07, 6.45) is 2.43. The van der Waals surface area contributed by atoms with E-state index in [2.05, 4.69) is 15.6 Å². The fraction of sp³-hybridized carbons (Fsp3) is 0.267. The molecule has 0 saturated heterocycles. The minimum Gasteiger partial charge on any atom is -0.449 e. The van der Waals surface area contributed by atoms with Crippen molar-refractivity contribution in [1.82, 2.24) is 4.98 Å². The van der Waals surface area contributed by atoms with Gasteiger partial charge < -0.3 is 15.1 Å². The minimum absolute atomic E-state index is 0.0945. The van der Waals surface area contributed by atoms with Gasteiger partial charge in [-0.3, -0.25) is 9.59 Å². The van der Waals surface area contributed by atoms with Crippen molar-refractivity contribution < 1.29 is 14.0 Å². The zero-order valence-electron chi connectivity index (χ0n) is 12.0. The van der Waals surface area contributed by atoms with Crippen LogP contribution in [0, 0.1) is 6.92 Å². The topological polar surface area (TPSA) is 84.2 Å². The lowest BCUT2D eigenvalue weighted by molar-refractivity contribution is -0.116. The SMILES string of the molecule is CC(=O)Nc1ccc(NC(=O)CCc2coc(C)n2)cc1. The molecule has 0 saturated carbocycles. The first kappa shape index (κ1) is 14.8. The van der Waals surface area contributed by atoms with Gasteiger partial charge in [0, 0.05) is 38.1 Å². The molecule has 2 N–H and O–H groups in total. The summed E-state index contributed by atoms with van der Waals surface area (Å²) in [5.74, 6) is 0.372. The summed E-state index contributed by atoms with van der Waals surface area (Å²) < 4.78 is 5.08. The fourth-order valence-electron chi connectivity index (χ4n) is 1.83. The number of oxazole rings is 1. The maximum atomic E-state index is 11.8. The van der Waals surface area contributed by atoms with Crippen LogP contribution < -0.4 is 10.6 Å². The van der Waals surface area contributed by atoms with E-state index in [1.807, 2.05) is 0 Å². The lowest BCUT2D eigenvalue weighted by Gasteiger charge is -2.06. The number of nitrogens with one attached hydrogen (secondary N) is 2. The predicted octanol–water partition coefficient (Wildman–Crippen LogP) is 2.51. The van der Waals surface area contributed by atoms with Gasteiger partial charge in [-0.2, -0.15) is 0 Å². The highest BCUT2D eigenvalue weighted by atomic mass is 16.3. The smallest absolute Gasteiger partial charge is 0.224 e. The average Bonchev–Trinajstić information content (AvgIpc) is 2.84. The van der Waals surface area contributed by atoms with Crippen LogP contribution in [0.15, 0.2) is 34.9 Å². The molecule has 6 nitrogen and oxygen atoms in total. The van der Waals surface area contributed by atoms with Gasteiger partial charge in [-0.1, -0.05) is 0 Å². The normalized spacial score (nSPS) is 10.2. The Kier molecular flexibility index (Phi) is 4.71. The van der Waals surface area contributed by atoms with Crippen LogP contribution >= 0.6 is 0 Å². The number of aromatic nitrogens is 1. The van der Waals surface area contributed by atoms with Crippen molar-refractivity contribution in [3.05, 3.63) is 42.1 Å². The van der Waals surface area contributed by atoms with E-state index in [0.717, 1.165) is 5.69 Å².